The molecule has 0 spiro atoms. The number of piperidine rings is 1. The molecule has 3 N–H and O–H groups in total. The number of fused-ring (bicyclic) bond motifs is 2. The number of carbonyl (C=O) groups excluding carboxylic acids is 2. The van der Waals surface area contributed by atoms with Crippen molar-refractivity contribution in [3.63, 3.8) is 0 Å². The maximum absolute atomic E-state index is 13.6. The van der Waals surface area contributed by atoms with Gasteiger partial charge in [-0.2, -0.15) is 13.2 Å². The van der Waals surface area contributed by atoms with Gasteiger partial charge in [0.25, 0.3) is 5.91 Å². The summed E-state index contributed by atoms with van der Waals surface area (Å²) < 4.78 is 59.0. The Balaban J connectivity index is 1.43. The van der Waals surface area contributed by atoms with Crippen LogP contribution in [0.15, 0.2) is 36.5 Å². The fourth-order valence-corrected chi connectivity index (χ4v) is 4.85. The van der Waals surface area contributed by atoms with Crippen LogP contribution < -0.4 is 20.7 Å². The number of primary amides is 1. The normalized spacial score (nSPS) is 22.1. The number of halogens is 4. The average molecular weight is 494 g/mol. The number of aromatic nitrogens is 1. The fraction of sp³-hybridized carbons (Fsp3) is 0.458. The first kappa shape index (κ1) is 24.7. The zero-order chi connectivity index (χ0) is 25.5. The molecule has 0 radical (unpaired) electrons. The third-order valence-electron chi connectivity index (χ3n) is 6.53. The third-order valence-corrected chi connectivity index (χ3v) is 6.53. The summed E-state index contributed by atoms with van der Waals surface area (Å²) in [6.07, 6.45) is -0.294. The molecule has 35 heavy (non-hydrogen) atoms. The average Bonchev–Trinajstić information content (AvgIpc) is 3.02. The van der Waals surface area contributed by atoms with Gasteiger partial charge in [-0.05, 0) is 63.8 Å². The lowest BCUT2D eigenvalue weighted by Crippen LogP contribution is -2.55. The molecular formula is C24H26F4N4O3. The molecule has 0 saturated carbocycles. The maximum atomic E-state index is 13.6. The molecule has 2 amide bonds. The molecule has 3 heterocycles. The Morgan fingerprint density at radius 2 is 1.77 bits per heavy atom. The molecule has 188 valence electrons. The summed E-state index contributed by atoms with van der Waals surface area (Å²) in [5.41, 5.74) is 2.77. The second kappa shape index (κ2) is 9.01. The molecule has 1 aromatic heterocycles. The topological polar surface area (TPSA) is 97.5 Å². The Kier molecular flexibility index (Phi) is 6.37. The third kappa shape index (κ3) is 5.18. The van der Waals surface area contributed by atoms with Crippen LogP contribution in [0.4, 0.5) is 23.4 Å². The molecule has 2 aromatic rings. The second-order valence-electron chi connectivity index (χ2n) is 9.45. The summed E-state index contributed by atoms with van der Waals surface area (Å²) in [4.78, 5) is 30.8. The van der Waals surface area contributed by atoms with Crippen LogP contribution in [0.5, 0.6) is 5.75 Å². The highest BCUT2D eigenvalue weighted by Crippen LogP contribution is 2.40. The number of benzene rings is 1. The van der Waals surface area contributed by atoms with Crippen LogP contribution in [-0.2, 0) is 11.0 Å². The largest absolute Gasteiger partial charge is 0.477 e. The van der Waals surface area contributed by atoms with Gasteiger partial charge in [0.15, 0.2) is 5.60 Å². The number of nitrogens with zero attached hydrogens (tertiary/aromatic N) is 2. The molecule has 4 rings (SSSR count). The first-order chi connectivity index (χ1) is 16.3. The minimum atomic E-state index is -4.76. The Morgan fingerprint density at radius 3 is 2.31 bits per heavy atom. The van der Waals surface area contributed by atoms with Gasteiger partial charge in [0, 0.05) is 30.4 Å². The van der Waals surface area contributed by atoms with E-state index in [1.165, 1.54) is 20.0 Å². The highest BCUT2D eigenvalue weighted by molar-refractivity contribution is 5.92. The smallest absolute Gasteiger partial charge is 0.419 e. The van der Waals surface area contributed by atoms with Crippen molar-refractivity contribution in [1.29, 1.82) is 0 Å². The van der Waals surface area contributed by atoms with E-state index in [4.69, 9.17) is 10.5 Å². The summed E-state index contributed by atoms with van der Waals surface area (Å²) in [6, 6.07) is 5.30. The zero-order valence-corrected chi connectivity index (χ0v) is 19.2. The fourth-order valence-electron chi connectivity index (χ4n) is 4.85. The number of nitrogens with one attached hydrogen (secondary N) is 1. The van der Waals surface area contributed by atoms with Gasteiger partial charge >= 0.3 is 6.18 Å². The molecule has 7 nitrogen and oxygen atoms in total. The molecule has 11 heteroatoms. The summed E-state index contributed by atoms with van der Waals surface area (Å²) in [5, 5.41) is 2.90. The number of hydrogen-bond donors (Lipinski definition) is 2. The van der Waals surface area contributed by atoms with Crippen molar-refractivity contribution in [2.24, 2.45) is 5.73 Å². The van der Waals surface area contributed by atoms with Crippen LogP contribution in [0.25, 0.3) is 0 Å². The summed E-state index contributed by atoms with van der Waals surface area (Å²) in [6.45, 7) is 2.70. The number of ether oxygens (including phenoxy) is 1. The van der Waals surface area contributed by atoms with E-state index >= 15 is 0 Å². The molecule has 2 bridgehead atoms. The van der Waals surface area contributed by atoms with Crippen molar-refractivity contribution in [3.05, 3.63) is 53.5 Å². The van der Waals surface area contributed by atoms with E-state index in [2.05, 4.69) is 15.2 Å². The summed E-state index contributed by atoms with van der Waals surface area (Å²) in [7, 11) is 0. The number of carbonyl (C=O) groups is 2. The van der Waals surface area contributed by atoms with E-state index in [-0.39, 0.29) is 18.1 Å². The van der Waals surface area contributed by atoms with E-state index in [9.17, 15) is 27.2 Å². The standard InChI is InChI=1S/C24H26F4N4O3/c1-23(2,35-19-9-14(25)4-7-18(19)24(26,27)28)22(34)31-15-10-16-5-6-17(11-15)32(16)20-8-3-13(12-30-20)21(29)33/h3-4,7-9,12,15-17H,5-6,10-11H2,1-2H3,(H2,29,33)(H,31,34)/t15-,16+,17-. The predicted octanol–water partition coefficient (Wildman–Crippen LogP) is 3.81. The molecular weight excluding hydrogens is 468 g/mol. The van der Waals surface area contributed by atoms with Crippen LogP contribution in [0.3, 0.4) is 0 Å². The lowest BCUT2D eigenvalue weighted by atomic mass is 9.96. The van der Waals surface area contributed by atoms with Crippen molar-refractivity contribution in [1.82, 2.24) is 10.3 Å². The van der Waals surface area contributed by atoms with Crippen molar-refractivity contribution in [2.75, 3.05) is 4.90 Å². The van der Waals surface area contributed by atoms with Gasteiger partial charge in [-0.25, -0.2) is 9.37 Å². The Hall–Kier alpha value is -3.37. The van der Waals surface area contributed by atoms with Gasteiger partial charge < -0.3 is 20.7 Å². The number of nitrogens with two attached hydrogens (primary N) is 1. The van der Waals surface area contributed by atoms with Gasteiger partial charge in [0.2, 0.25) is 5.91 Å². The van der Waals surface area contributed by atoms with Gasteiger partial charge in [-0.15, -0.1) is 0 Å². The number of amides is 2. The SMILES string of the molecule is CC(C)(Oc1cc(F)ccc1C(F)(F)F)C(=O)N[C@H]1C[C@H]2CC[C@@H](C1)N2c1ccc(C(N)=O)cn1. The van der Waals surface area contributed by atoms with Crippen molar-refractivity contribution in [3.8, 4) is 5.75 Å². The van der Waals surface area contributed by atoms with Gasteiger partial charge in [0.05, 0.1) is 11.1 Å². The van der Waals surface area contributed by atoms with E-state index in [1.54, 1.807) is 12.1 Å². The number of hydrogen-bond acceptors (Lipinski definition) is 5. The maximum Gasteiger partial charge on any atom is 0.419 e. The Morgan fingerprint density at radius 1 is 1.11 bits per heavy atom. The Bertz CT molecular complexity index is 1110. The van der Waals surface area contributed by atoms with E-state index in [0.717, 1.165) is 18.7 Å². The highest BCUT2D eigenvalue weighted by atomic mass is 19.4. The number of pyridine rings is 1. The predicted molar refractivity (Wildman–Crippen MR) is 119 cm³/mol. The molecule has 0 unspecified atom stereocenters. The van der Waals surface area contributed by atoms with Crippen LogP contribution >= 0.6 is 0 Å². The number of anilines is 1. The van der Waals surface area contributed by atoms with Gasteiger partial charge in [-0.3, -0.25) is 9.59 Å². The lowest BCUT2D eigenvalue weighted by molar-refractivity contribution is -0.143. The molecule has 2 saturated heterocycles. The van der Waals surface area contributed by atoms with Gasteiger partial charge in [0.1, 0.15) is 17.4 Å². The van der Waals surface area contributed by atoms with Gasteiger partial charge in [-0.1, -0.05) is 0 Å². The minimum Gasteiger partial charge on any atom is -0.477 e. The van der Waals surface area contributed by atoms with E-state index < -0.39 is 40.7 Å². The molecule has 0 aliphatic carbocycles. The van der Waals surface area contributed by atoms with Crippen molar-refractivity contribution >= 4 is 17.6 Å². The first-order valence-corrected chi connectivity index (χ1v) is 11.3. The number of alkyl halides is 3. The molecule has 2 fully saturated rings. The van der Waals surface area contributed by atoms with Crippen molar-refractivity contribution in [2.45, 2.75) is 69.4 Å². The van der Waals surface area contributed by atoms with Crippen LogP contribution in [-0.4, -0.2) is 40.5 Å². The second-order valence-corrected chi connectivity index (χ2v) is 9.45. The zero-order valence-electron chi connectivity index (χ0n) is 19.2. The quantitative estimate of drug-likeness (QED) is 0.596. The first-order valence-electron chi connectivity index (χ1n) is 11.3. The lowest BCUT2D eigenvalue weighted by Gasteiger charge is -2.41. The molecule has 2 aliphatic heterocycles. The minimum absolute atomic E-state index is 0.107. The van der Waals surface area contributed by atoms with Crippen LogP contribution in [0.2, 0.25) is 0 Å². The summed E-state index contributed by atoms with van der Waals surface area (Å²) in [5.74, 6) is -2.05. The molecule has 2 aliphatic rings. The Labute approximate surface area is 199 Å². The highest BCUT2D eigenvalue weighted by Gasteiger charge is 2.44. The monoisotopic (exact) mass is 494 g/mol. The van der Waals surface area contributed by atoms with E-state index in [0.29, 0.717) is 36.6 Å². The molecule has 3 atom stereocenters. The van der Waals surface area contributed by atoms with E-state index in [1.807, 2.05) is 0 Å². The number of rotatable bonds is 6. The summed E-state index contributed by atoms with van der Waals surface area (Å²) >= 11 is 0. The van der Waals surface area contributed by atoms with Crippen molar-refractivity contribution < 1.29 is 31.9 Å². The molecule has 1 aromatic carbocycles. The van der Waals surface area contributed by atoms with Crippen LogP contribution in [0, 0.1) is 5.82 Å². The van der Waals surface area contributed by atoms with Crippen LogP contribution in [0.1, 0.15) is 55.5 Å².